The van der Waals surface area contributed by atoms with Gasteiger partial charge in [-0.15, -0.1) is 0 Å². The highest BCUT2D eigenvalue weighted by Gasteiger charge is 2.04. The van der Waals surface area contributed by atoms with E-state index in [1.807, 2.05) is 0 Å². The van der Waals surface area contributed by atoms with Crippen molar-refractivity contribution in [3.8, 4) is 5.75 Å². The number of methoxy groups -OCH3 is 1. The fourth-order valence-corrected chi connectivity index (χ4v) is 1.97. The molecule has 0 saturated carbocycles. The number of hydrogen-bond donors (Lipinski definition) is 2. The summed E-state index contributed by atoms with van der Waals surface area (Å²) in [5, 5.41) is 5.95. The van der Waals surface area contributed by atoms with Gasteiger partial charge in [0.25, 0.3) is 0 Å². The van der Waals surface area contributed by atoms with Gasteiger partial charge in [-0.05, 0) is 58.4 Å². The number of nitrogens with one attached hydrogen (secondary N) is 2. The minimum Gasteiger partial charge on any atom is -0.497 e. The number of benzene rings is 2. The summed E-state index contributed by atoms with van der Waals surface area (Å²) in [6.45, 7) is 0. The maximum Gasteiger partial charge on any atom is 0.323 e. The van der Waals surface area contributed by atoms with E-state index in [0.717, 1.165) is 10.2 Å². The molecular weight excluding hydrogens is 344 g/mol. The molecule has 104 valence electrons. The number of anilines is 2. The fourth-order valence-electron chi connectivity index (χ4n) is 1.54. The van der Waals surface area contributed by atoms with E-state index in [4.69, 9.17) is 16.3 Å². The first-order valence-corrected chi connectivity index (χ1v) is 6.92. The van der Waals surface area contributed by atoms with Crippen molar-refractivity contribution in [2.45, 2.75) is 0 Å². The van der Waals surface area contributed by atoms with Gasteiger partial charge < -0.3 is 15.4 Å². The SMILES string of the molecule is COc1ccc(NC(=O)Nc2ccc(Br)c(Cl)c2)cc1. The first-order valence-electron chi connectivity index (χ1n) is 5.75. The van der Waals surface area contributed by atoms with Crippen LogP contribution in [0.1, 0.15) is 0 Å². The quantitative estimate of drug-likeness (QED) is 0.834. The van der Waals surface area contributed by atoms with Crippen LogP contribution < -0.4 is 15.4 Å². The van der Waals surface area contributed by atoms with Crippen LogP contribution in [0.15, 0.2) is 46.9 Å². The van der Waals surface area contributed by atoms with Crippen molar-refractivity contribution in [3.63, 3.8) is 0 Å². The maximum atomic E-state index is 11.8. The van der Waals surface area contributed by atoms with E-state index in [0.29, 0.717) is 16.4 Å². The molecule has 2 rings (SSSR count). The van der Waals surface area contributed by atoms with Crippen LogP contribution in [-0.2, 0) is 0 Å². The number of rotatable bonds is 3. The average molecular weight is 356 g/mol. The van der Waals surface area contributed by atoms with E-state index in [1.165, 1.54) is 0 Å². The van der Waals surface area contributed by atoms with Gasteiger partial charge in [-0.2, -0.15) is 0 Å². The first-order chi connectivity index (χ1) is 9.58. The molecule has 0 spiro atoms. The number of amides is 2. The lowest BCUT2D eigenvalue weighted by Gasteiger charge is -2.09. The number of halogens is 2. The van der Waals surface area contributed by atoms with Crippen LogP contribution in [-0.4, -0.2) is 13.1 Å². The summed E-state index contributed by atoms with van der Waals surface area (Å²) in [4.78, 5) is 11.8. The van der Waals surface area contributed by atoms with Gasteiger partial charge in [0.2, 0.25) is 0 Å². The van der Waals surface area contributed by atoms with E-state index < -0.39 is 0 Å². The minimum absolute atomic E-state index is 0.339. The van der Waals surface area contributed by atoms with Gasteiger partial charge in [-0.3, -0.25) is 0 Å². The Morgan fingerprint density at radius 2 is 1.70 bits per heavy atom. The summed E-state index contributed by atoms with van der Waals surface area (Å²) in [5.41, 5.74) is 1.29. The zero-order valence-corrected chi connectivity index (χ0v) is 13.0. The largest absolute Gasteiger partial charge is 0.497 e. The van der Waals surface area contributed by atoms with Crippen molar-refractivity contribution < 1.29 is 9.53 Å². The predicted molar refractivity (Wildman–Crippen MR) is 84.8 cm³/mol. The molecule has 0 saturated heterocycles. The number of carbonyl (C=O) groups excluding carboxylic acids is 1. The van der Waals surface area contributed by atoms with Crippen molar-refractivity contribution in [2.75, 3.05) is 17.7 Å². The number of ether oxygens (including phenoxy) is 1. The van der Waals surface area contributed by atoms with Crippen molar-refractivity contribution >= 4 is 44.9 Å². The van der Waals surface area contributed by atoms with Crippen molar-refractivity contribution in [3.05, 3.63) is 52.0 Å². The molecule has 6 heteroatoms. The zero-order valence-electron chi connectivity index (χ0n) is 10.6. The van der Waals surface area contributed by atoms with Crippen molar-refractivity contribution in [1.82, 2.24) is 0 Å². The molecule has 0 atom stereocenters. The highest BCUT2D eigenvalue weighted by Crippen LogP contribution is 2.25. The van der Waals surface area contributed by atoms with Crippen LogP contribution in [0, 0.1) is 0 Å². The Bertz CT molecular complexity index is 617. The highest BCUT2D eigenvalue weighted by atomic mass is 79.9. The molecule has 0 unspecified atom stereocenters. The molecule has 0 aliphatic heterocycles. The van der Waals surface area contributed by atoms with E-state index in [9.17, 15) is 4.79 Å². The third-order valence-electron chi connectivity index (χ3n) is 2.53. The van der Waals surface area contributed by atoms with Gasteiger partial charge in [0.1, 0.15) is 5.75 Å². The van der Waals surface area contributed by atoms with E-state index in [-0.39, 0.29) is 6.03 Å². The van der Waals surface area contributed by atoms with Gasteiger partial charge >= 0.3 is 6.03 Å². The van der Waals surface area contributed by atoms with E-state index in [2.05, 4.69) is 26.6 Å². The number of urea groups is 1. The summed E-state index contributed by atoms with van der Waals surface area (Å²) < 4.78 is 5.82. The third-order valence-corrected chi connectivity index (χ3v) is 3.76. The third kappa shape index (κ3) is 3.88. The molecule has 0 fully saturated rings. The number of hydrogen-bond acceptors (Lipinski definition) is 2. The Morgan fingerprint density at radius 3 is 2.30 bits per heavy atom. The molecule has 2 amide bonds. The summed E-state index contributed by atoms with van der Waals surface area (Å²) in [7, 11) is 1.59. The van der Waals surface area contributed by atoms with Gasteiger partial charge in [0, 0.05) is 15.8 Å². The predicted octanol–water partition coefficient (Wildman–Crippen LogP) is 4.76. The van der Waals surface area contributed by atoms with Gasteiger partial charge in [-0.25, -0.2) is 4.79 Å². The smallest absolute Gasteiger partial charge is 0.323 e. The van der Waals surface area contributed by atoms with Crippen LogP contribution in [0.3, 0.4) is 0 Å². The van der Waals surface area contributed by atoms with Crippen LogP contribution in [0.5, 0.6) is 5.75 Å². The highest BCUT2D eigenvalue weighted by molar-refractivity contribution is 9.10. The lowest BCUT2D eigenvalue weighted by atomic mass is 10.3. The zero-order chi connectivity index (χ0) is 14.5. The second-order valence-corrected chi connectivity index (χ2v) is 5.20. The first kappa shape index (κ1) is 14.7. The van der Waals surface area contributed by atoms with Crippen LogP contribution in [0.4, 0.5) is 16.2 Å². The van der Waals surface area contributed by atoms with Gasteiger partial charge in [0.05, 0.1) is 12.1 Å². The molecule has 0 bridgehead atoms. The number of carbonyl (C=O) groups is 1. The second kappa shape index (κ2) is 6.63. The topological polar surface area (TPSA) is 50.4 Å². The van der Waals surface area contributed by atoms with Crippen molar-refractivity contribution in [1.29, 1.82) is 0 Å². The Morgan fingerprint density at radius 1 is 1.10 bits per heavy atom. The second-order valence-electron chi connectivity index (χ2n) is 3.94. The molecular formula is C14H12BrClN2O2. The molecule has 2 aromatic carbocycles. The molecule has 0 aromatic heterocycles. The van der Waals surface area contributed by atoms with E-state index in [1.54, 1.807) is 49.6 Å². The summed E-state index contributed by atoms with van der Waals surface area (Å²) in [5.74, 6) is 0.732. The Kier molecular flexibility index (Phi) is 4.87. The summed E-state index contributed by atoms with van der Waals surface area (Å²) in [6.07, 6.45) is 0. The average Bonchev–Trinajstić information content (AvgIpc) is 2.44. The summed E-state index contributed by atoms with van der Waals surface area (Å²) in [6, 6.07) is 11.9. The molecule has 2 N–H and O–H groups in total. The molecule has 0 aliphatic carbocycles. The molecule has 2 aromatic rings. The van der Waals surface area contributed by atoms with Crippen LogP contribution in [0.2, 0.25) is 5.02 Å². The Balaban J connectivity index is 1.99. The monoisotopic (exact) mass is 354 g/mol. The van der Waals surface area contributed by atoms with E-state index >= 15 is 0 Å². The van der Waals surface area contributed by atoms with Crippen molar-refractivity contribution in [2.24, 2.45) is 0 Å². The van der Waals surface area contributed by atoms with Crippen LogP contribution in [0.25, 0.3) is 0 Å². The normalized spacial score (nSPS) is 9.95. The molecule has 4 nitrogen and oxygen atoms in total. The minimum atomic E-state index is -0.339. The molecule has 0 heterocycles. The molecule has 0 radical (unpaired) electrons. The standard InChI is InChI=1S/C14H12BrClN2O2/c1-20-11-5-2-9(3-6-11)17-14(19)18-10-4-7-12(15)13(16)8-10/h2-8H,1H3,(H2,17,18,19). The lowest BCUT2D eigenvalue weighted by Crippen LogP contribution is -2.19. The van der Waals surface area contributed by atoms with Gasteiger partial charge in [-0.1, -0.05) is 11.6 Å². The fraction of sp³-hybridized carbons (Fsp3) is 0.0714. The molecule has 0 aliphatic rings. The Labute approximate surface area is 130 Å². The maximum absolute atomic E-state index is 11.8. The van der Waals surface area contributed by atoms with Crippen LogP contribution >= 0.6 is 27.5 Å². The lowest BCUT2D eigenvalue weighted by molar-refractivity contribution is 0.262. The Hall–Kier alpha value is -1.72. The summed E-state index contributed by atoms with van der Waals surface area (Å²) >= 11 is 9.25. The van der Waals surface area contributed by atoms with Gasteiger partial charge in [0.15, 0.2) is 0 Å². The molecule has 20 heavy (non-hydrogen) atoms.